The van der Waals surface area contributed by atoms with E-state index in [-0.39, 0.29) is 18.2 Å². The molecule has 3 aromatic rings. The summed E-state index contributed by atoms with van der Waals surface area (Å²) < 4.78 is 8.38. The molecular formula is C24H29ClN2O2. The summed E-state index contributed by atoms with van der Waals surface area (Å²) in [4.78, 5) is 14.0. The number of aromatic nitrogens is 1. The highest BCUT2D eigenvalue weighted by Crippen LogP contribution is 2.28. The van der Waals surface area contributed by atoms with E-state index in [4.69, 9.17) is 4.74 Å². The smallest absolute Gasteiger partial charge is 0.159 e. The fourth-order valence-electron chi connectivity index (χ4n) is 4.16. The molecule has 154 valence electrons. The van der Waals surface area contributed by atoms with E-state index in [0.717, 1.165) is 12.3 Å². The summed E-state index contributed by atoms with van der Waals surface area (Å²) in [5.41, 5.74) is 4.56. The fraction of sp³-hybridized carbons (Fsp3) is 0.375. The highest BCUT2D eigenvalue weighted by atomic mass is 35.5. The largest absolute Gasteiger partial charge is 0.487 e. The number of fused-ring (bicyclic) bond motifs is 1. The maximum absolute atomic E-state index is 11.5. The molecule has 1 fully saturated rings. The molecule has 1 aromatic heterocycles. The second-order valence-electron chi connectivity index (χ2n) is 7.71. The van der Waals surface area contributed by atoms with Gasteiger partial charge in [0.1, 0.15) is 12.4 Å². The Morgan fingerprint density at radius 2 is 1.69 bits per heavy atom. The lowest BCUT2D eigenvalue weighted by Crippen LogP contribution is -2.29. The van der Waals surface area contributed by atoms with Crippen LogP contribution in [0.3, 0.4) is 0 Å². The summed E-state index contributed by atoms with van der Waals surface area (Å²) in [6.07, 6.45) is 3.93. The minimum atomic E-state index is 0. The molecule has 1 aliphatic rings. The van der Waals surface area contributed by atoms with Crippen molar-refractivity contribution in [3.05, 3.63) is 65.4 Å². The molecule has 0 spiro atoms. The second kappa shape index (κ2) is 9.47. The van der Waals surface area contributed by atoms with Crippen LogP contribution >= 0.6 is 12.4 Å². The minimum absolute atomic E-state index is 0. The van der Waals surface area contributed by atoms with Gasteiger partial charge in [0.05, 0.1) is 5.69 Å². The van der Waals surface area contributed by atoms with Crippen molar-refractivity contribution in [1.29, 1.82) is 0 Å². The summed E-state index contributed by atoms with van der Waals surface area (Å²) in [6, 6.07) is 16.0. The van der Waals surface area contributed by atoms with Gasteiger partial charge < -0.3 is 9.30 Å². The average Bonchev–Trinajstić information content (AvgIpc) is 2.99. The summed E-state index contributed by atoms with van der Waals surface area (Å²) in [7, 11) is 2.12. The Bertz CT molecular complexity index is 972. The number of likely N-dealkylation sites (tertiary alicyclic amines) is 1. The molecule has 29 heavy (non-hydrogen) atoms. The number of hydrogen-bond acceptors (Lipinski definition) is 3. The first kappa shape index (κ1) is 21.4. The lowest BCUT2D eigenvalue weighted by Gasteiger charge is -2.26. The first-order chi connectivity index (χ1) is 13.6. The predicted octanol–water partition coefficient (Wildman–Crippen LogP) is 5.37. The summed E-state index contributed by atoms with van der Waals surface area (Å²) in [6.45, 7) is 5.43. The van der Waals surface area contributed by atoms with Crippen LogP contribution in [0.15, 0.2) is 48.5 Å². The SMILES string of the molecule is CC(=O)c1ccc(OCc2c(CN3CCCCC3)c3ccccc3n2C)cc1.Cl. The Labute approximate surface area is 178 Å². The summed E-state index contributed by atoms with van der Waals surface area (Å²) >= 11 is 0. The van der Waals surface area contributed by atoms with Crippen molar-refractivity contribution in [3.63, 3.8) is 0 Å². The van der Waals surface area contributed by atoms with Crippen molar-refractivity contribution >= 4 is 29.1 Å². The van der Waals surface area contributed by atoms with Crippen molar-refractivity contribution in [2.75, 3.05) is 13.1 Å². The van der Waals surface area contributed by atoms with Gasteiger partial charge in [0, 0.05) is 30.1 Å². The fourth-order valence-corrected chi connectivity index (χ4v) is 4.16. The Morgan fingerprint density at radius 3 is 2.38 bits per heavy atom. The van der Waals surface area contributed by atoms with Crippen LogP contribution in [0.25, 0.3) is 10.9 Å². The molecule has 0 N–H and O–H groups in total. The molecule has 4 nitrogen and oxygen atoms in total. The van der Waals surface area contributed by atoms with E-state index in [2.05, 4.69) is 40.8 Å². The Hall–Kier alpha value is -2.30. The number of aryl methyl sites for hydroxylation is 1. The quantitative estimate of drug-likeness (QED) is 0.510. The van der Waals surface area contributed by atoms with Crippen molar-refractivity contribution in [3.8, 4) is 5.75 Å². The van der Waals surface area contributed by atoms with Gasteiger partial charge in [-0.2, -0.15) is 0 Å². The molecule has 1 saturated heterocycles. The number of rotatable bonds is 6. The third kappa shape index (κ3) is 4.65. The van der Waals surface area contributed by atoms with Crippen molar-refractivity contribution in [1.82, 2.24) is 9.47 Å². The average molecular weight is 413 g/mol. The number of halogens is 1. The normalized spacial score (nSPS) is 14.6. The number of hydrogen-bond donors (Lipinski definition) is 0. The van der Waals surface area contributed by atoms with E-state index in [0.29, 0.717) is 12.2 Å². The number of ketones is 1. The molecule has 0 amide bonds. The second-order valence-corrected chi connectivity index (χ2v) is 7.71. The van der Waals surface area contributed by atoms with Crippen molar-refractivity contribution in [2.45, 2.75) is 39.3 Å². The van der Waals surface area contributed by atoms with Gasteiger partial charge in [-0.3, -0.25) is 9.69 Å². The molecule has 0 unspecified atom stereocenters. The summed E-state index contributed by atoms with van der Waals surface area (Å²) in [5, 5.41) is 1.32. The number of benzene rings is 2. The molecule has 0 radical (unpaired) electrons. The molecule has 4 rings (SSSR count). The zero-order valence-electron chi connectivity index (χ0n) is 17.2. The third-order valence-corrected chi connectivity index (χ3v) is 5.81. The zero-order chi connectivity index (χ0) is 19.5. The molecule has 0 bridgehead atoms. The van der Waals surface area contributed by atoms with Gasteiger partial charge in [-0.05, 0) is 68.8 Å². The molecule has 2 heterocycles. The number of piperidine rings is 1. The first-order valence-corrected chi connectivity index (χ1v) is 10.1. The number of nitrogens with zero attached hydrogens (tertiary/aromatic N) is 2. The molecule has 0 saturated carbocycles. The molecule has 5 heteroatoms. The van der Waals surface area contributed by atoms with Gasteiger partial charge in [-0.25, -0.2) is 0 Å². The minimum Gasteiger partial charge on any atom is -0.487 e. The van der Waals surface area contributed by atoms with Crippen LogP contribution in [-0.2, 0) is 20.2 Å². The lowest BCUT2D eigenvalue weighted by molar-refractivity contribution is 0.101. The molecular weight excluding hydrogens is 384 g/mol. The zero-order valence-corrected chi connectivity index (χ0v) is 18.0. The van der Waals surface area contributed by atoms with E-state index >= 15 is 0 Å². The van der Waals surface area contributed by atoms with E-state index in [1.54, 1.807) is 6.92 Å². The molecule has 0 aliphatic carbocycles. The van der Waals surface area contributed by atoms with Crippen molar-refractivity contribution < 1.29 is 9.53 Å². The summed E-state index contributed by atoms with van der Waals surface area (Å²) in [5.74, 6) is 0.864. The topological polar surface area (TPSA) is 34.5 Å². The van der Waals surface area contributed by atoms with Crippen LogP contribution in [0.5, 0.6) is 5.75 Å². The number of carbonyl (C=O) groups excluding carboxylic acids is 1. The Balaban J connectivity index is 0.00000240. The van der Waals surface area contributed by atoms with Gasteiger partial charge >= 0.3 is 0 Å². The van der Waals surface area contributed by atoms with Crippen LogP contribution in [-0.4, -0.2) is 28.3 Å². The lowest BCUT2D eigenvalue weighted by atomic mass is 10.1. The van der Waals surface area contributed by atoms with Gasteiger partial charge in [0.15, 0.2) is 5.78 Å². The maximum atomic E-state index is 11.5. The standard InChI is InChI=1S/C24H28N2O2.ClH/c1-18(27)19-10-12-20(13-11-19)28-17-24-22(16-26-14-6-3-7-15-26)21-8-4-5-9-23(21)25(24)2;/h4-5,8-13H,3,6-7,14-17H2,1-2H3;1H. The van der Waals surface area contributed by atoms with Gasteiger partial charge in [-0.15, -0.1) is 12.4 Å². The van der Waals surface area contributed by atoms with Crippen LogP contribution < -0.4 is 4.74 Å². The van der Waals surface area contributed by atoms with Crippen LogP contribution in [0.2, 0.25) is 0 Å². The van der Waals surface area contributed by atoms with E-state index in [1.807, 2.05) is 24.3 Å². The van der Waals surface area contributed by atoms with E-state index in [9.17, 15) is 4.79 Å². The molecule has 0 atom stereocenters. The van der Waals surface area contributed by atoms with Crippen molar-refractivity contribution in [2.24, 2.45) is 7.05 Å². The first-order valence-electron chi connectivity index (χ1n) is 10.1. The molecule has 2 aromatic carbocycles. The number of para-hydroxylation sites is 1. The van der Waals surface area contributed by atoms with Gasteiger partial charge in [0.2, 0.25) is 0 Å². The maximum Gasteiger partial charge on any atom is 0.159 e. The predicted molar refractivity (Wildman–Crippen MR) is 120 cm³/mol. The highest BCUT2D eigenvalue weighted by molar-refractivity contribution is 5.94. The van der Waals surface area contributed by atoms with Crippen LogP contribution in [0.1, 0.15) is 47.8 Å². The van der Waals surface area contributed by atoms with E-state index in [1.165, 1.54) is 54.5 Å². The van der Waals surface area contributed by atoms with Crippen LogP contribution in [0.4, 0.5) is 0 Å². The Morgan fingerprint density at radius 1 is 1.00 bits per heavy atom. The highest BCUT2D eigenvalue weighted by Gasteiger charge is 2.19. The monoisotopic (exact) mass is 412 g/mol. The third-order valence-electron chi connectivity index (χ3n) is 5.81. The van der Waals surface area contributed by atoms with E-state index < -0.39 is 0 Å². The Kier molecular flexibility index (Phi) is 6.99. The van der Waals surface area contributed by atoms with Crippen LogP contribution in [0, 0.1) is 0 Å². The number of carbonyl (C=O) groups is 1. The van der Waals surface area contributed by atoms with Gasteiger partial charge in [0.25, 0.3) is 0 Å². The van der Waals surface area contributed by atoms with Gasteiger partial charge in [-0.1, -0.05) is 24.6 Å². The molecule has 1 aliphatic heterocycles. The number of ether oxygens (including phenoxy) is 1. The number of Topliss-reactive ketones (excluding diaryl/α,β-unsaturated/α-hetero) is 1.